The average Bonchev–Trinajstić information content (AvgIpc) is 2.06. The van der Waals surface area contributed by atoms with Gasteiger partial charge in [0.1, 0.15) is 5.17 Å². The molecule has 0 bridgehead atoms. The lowest BCUT2D eigenvalue weighted by Gasteiger charge is -1.95. The summed E-state index contributed by atoms with van der Waals surface area (Å²) in [6, 6.07) is 9.56. The van der Waals surface area contributed by atoms with E-state index in [4.69, 9.17) is 11.6 Å². The number of rotatable bonds is 2. The van der Waals surface area contributed by atoms with E-state index >= 15 is 0 Å². The molecule has 0 heterocycles. The largest absolute Gasteiger partial charge is 0.236 e. The number of benzene rings is 1. The Morgan fingerprint density at radius 3 is 2.42 bits per heavy atom. The van der Waals surface area contributed by atoms with Gasteiger partial charge in [-0.3, -0.25) is 0 Å². The molecule has 0 unspecified atom stereocenters. The van der Waals surface area contributed by atoms with Gasteiger partial charge in [0.05, 0.1) is 5.69 Å². The van der Waals surface area contributed by atoms with E-state index in [9.17, 15) is 0 Å². The van der Waals surface area contributed by atoms with E-state index in [2.05, 4.69) is 11.6 Å². The normalized spacial score (nSPS) is 11.3. The van der Waals surface area contributed by atoms with Crippen LogP contribution in [0.2, 0.25) is 0 Å². The fourth-order valence-electron chi connectivity index (χ4n) is 0.711. The zero-order valence-electron chi connectivity index (χ0n) is 6.92. The van der Waals surface area contributed by atoms with E-state index < -0.39 is 0 Å². The predicted molar refractivity (Wildman–Crippen MR) is 54.2 cm³/mol. The molecule has 0 spiro atoms. The first-order valence-electron chi connectivity index (χ1n) is 3.65. The summed E-state index contributed by atoms with van der Waals surface area (Å²) in [5.41, 5.74) is 1.63. The first kappa shape index (κ1) is 9.01. The highest BCUT2D eigenvalue weighted by molar-refractivity contribution is 6.69. The quantitative estimate of drug-likeness (QED) is 0.616. The fraction of sp³-hybridized carbons (Fsp3) is 0.100. The third-order valence-electron chi connectivity index (χ3n) is 1.34. The van der Waals surface area contributed by atoms with E-state index in [1.165, 1.54) is 0 Å². The Bertz CT molecular complexity index is 301. The molecule has 0 N–H and O–H groups in total. The molecule has 1 aromatic rings. The maximum absolute atomic E-state index is 5.80. The van der Waals surface area contributed by atoms with E-state index in [0.29, 0.717) is 5.17 Å². The van der Waals surface area contributed by atoms with Crippen molar-refractivity contribution < 1.29 is 0 Å². The number of hydrogen-bond donors (Lipinski definition) is 0. The summed E-state index contributed by atoms with van der Waals surface area (Å²) in [5, 5.41) is 0.459. The summed E-state index contributed by atoms with van der Waals surface area (Å²) in [5.74, 6) is 0. The fourth-order valence-corrected chi connectivity index (χ4v) is 0.809. The second kappa shape index (κ2) is 4.07. The summed E-state index contributed by atoms with van der Waals surface area (Å²) in [7, 11) is 0. The number of hydrogen-bond acceptors (Lipinski definition) is 1. The van der Waals surface area contributed by atoms with Crippen molar-refractivity contribution >= 4 is 22.5 Å². The van der Waals surface area contributed by atoms with Crippen molar-refractivity contribution in [2.45, 2.75) is 6.92 Å². The molecule has 1 rings (SSSR count). The number of allylic oxidation sites excluding steroid dienone is 1. The molecular formula is C10H10ClN. The van der Waals surface area contributed by atoms with Gasteiger partial charge < -0.3 is 0 Å². The van der Waals surface area contributed by atoms with Gasteiger partial charge >= 0.3 is 0 Å². The highest BCUT2D eigenvalue weighted by atomic mass is 35.5. The molecule has 0 atom stereocenters. The zero-order chi connectivity index (χ0) is 8.97. The van der Waals surface area contributed by atoms with Gasteiger partial charge in [-0.1, -0.05) is 36.4 Å². The zero-order valence-corrected chi connectivity index (χ0v) is 7.67. The first-order chi connectivity index (χ1) is 5.70. The van der Waals surface area contributed by atoms with Crippen molar-refractivity contribution in [3.8, 4) is 0 Å². The van der Waals surface area contributed by atoms with Gasteiger partial charge in [0, 0.05) is 0 Å². The standard InChI is InChI=1S/C10H10ClN/c1-8(2)10(11)12-9-6-4-3-5-7-9/h3-7H,1H2,2H3. The second-order valence-corrected chi connectivity index (χ2v) is 2.88. The summed E-state index contributed by atoms with van der Waals surface area (Å²) < 4.78 is 0. The average molecular weight is 180 g/mol. The SMILES string of the molecule is C=C(C)C(Cl)=Nc1ccccc1. The topological polar surface area (TPSA) is 12.4 Å². The van der Waals surface area contributed by atoms with Crippen LogP contribution in [0.15, 0.2) is 47.5 Å². The summed E-state index contributed by atoms with van der Waals surface area (Å²) in [6.45, 7) is 5.52. The van der Waals surface area contributed by atoms with E-state index in [1.807, 2.05) is 37.3 Å². The Balaban J connectivity index is 2.89. The molecule has 0 amide bonds. The molecule has 12 heavy (non-hydrogen) atoms. The van der Waals surface area contributed by atoms with Crippen LogP contribution < -0.4 is 0 Å². The Morgan fingerprint density at radius 1 is 1.33 bits per heavy atom. The Kier molecular flexibility index (Phi) is 3.06. The van der Waals surface area contributed by atoms with Crippen LogP contribution in [0.1, 0.15) is 6.92 Å². The van der Waals surface area contributed by atoms with Crippen LogP contribution in [0.3, 0.4) is 0 Å². The number of nitrogens with zero attached hydrogens (tertiary/aromatic N) is 1. The van der Waals surface area contributed by atoms with Gasteiger partial charge in [0.15, 0.2) is 0 Å². The molecule has 0 saturated carbocycles. The molecule has 62 valence electrons. The minimum atomic E-state index is 0.459. The van der Waals surface area contributed by atoms with Gasteiger partial charge in [0.2, 0.25) is 0 Å². The van der Waals surface area contributed by atoms with Crippen molar-refractivity contribution in [3.05, 3.63) is 42.5 Å². The van der Waals surface area contributed by atoms with Crippen LogP contribution in [-0.4, -0.2) is 5.17 Å². The Hall–Kier alpha value is -1.08. The lowest BCUT2D eigenvalue weighted by Crippen LogP contribution is -1.85. The van der Waals surface area contributed by atoms with Gasteiger partial charge in [-0.2, -0.15) is 0 Å². The molecular weight excluding hydrogens is 170 g/mol. The molecule has 0 radical (unpaired) electrons. The molecule has 0 aromatic heterocycles. The van der Waals surface area contributed by atoms with Crippen molar-refractivity contribution in [1.82, 2.24) is 0 Å². The van der Waals surface area contributed by atoms with E-state index in [1.54, 1.807) is 0 Å². The molecule has 0 aliphatic rings. The van der Waals surface area contributed by atoms with E-state index in [0.717, 1.165) is 11.3 Å². The van der Waals surface area contributed by atoms with E-state index in [-0.39, 0.29) is 0 Å². The molecule has 0 saturated heterocycles. The summed E-state index contributed by atoms with van der Waals surface area (Å²) >= 11 is 5.80. The first-order valence-corrected chi connectivity index (χ1v) is 4.03. The van der Waals surface area contributed by atoms with Crippen molar-refractivity contribution in [2.75, 3.05) is 0 Å². The number of halogens is 1. The minimum absolute atomic E-state index is 0.459. The third kappa shape index (κ3) is 2.51. The maximum Gasteiger partial charge on any atom is 0.132 e. The lowest BCUT2D eigenvalue weighted by atomic mass is 10.3. The van der Waals surface area contributed by atoms with Gasteiger partial charge in [0.25, 0.3) is 0 Å². The van der Waals surface area contributed by atoms with Crippen LogP contribution in [0, 0.1) is 0 Å². The predicted octanol–water partition coefficient (Wildman–Crippen LogP) is 3.53. The number of para-hydroxylation sites is 1. The Labute approximate surface area is 77.4 Å². The summed E-state index contributed by atoms with van der Waals surface area (Å²) in [6.07, 6.45) is 0. The van der Waals surface area contributed by atoms with Gasteiger partial charge in [-0.15, -0.1) is 0 Å². The molecule has 0 aliphatic heterocycles. The van der Waals surface area contributed by atoms with Crippen molar-refractivity contribution in [1.29, 1.82) is 0 Å². The van der Waals surface area contributed by atoms with Gasteiger partial charge in [-0.05, 0) is 24.6 Å². The Morgan fingerprint density at radius 2 is 1.92 bits per heavy atom. The number of aliphatic imine (C=N–C) groups is 1. The van der Waals surface area contributed by atoms with Crippen LogP contribution in [0.5, 0.6) is 0 Å². The lowest BCUT2D eigenvalue weighted by molar-refractivity contribution is 1.51. The maximum atomic E-state index is 5.80. The molecule has 2 heteroatoms. The molecule has 0 fully saturated rings. The smallest absolute Gasteiger partial charge is 0.132 e. The van der Waals surface area contributed by atoms with Gasteiger partial charge in [-0.25, -0.2) is 4.99 Å². The third-order valence-corrected chi connectivity index (χ3v) is 1.74. The summed E-state index contributed by atoms with van der Waals surface area (Å²) in [4.78, 5) is 4.14. The van der Waals surface area contributed by atoms with Crippen LogP contribution >= 0.6 is 11.6 Å². The van der Waals surface area contributed by atoms with Crippen LogP contribution in [0.25, 0.3) is 0 Å². The highest BCUT2D eigenvalue weighted by Gasteiger charge is 1.93. The molecule has 0 aliphatic carbocycles. The molecule has 1 aromatic carbocycles. The second-order valence-electron chi connectivity index (χ2n) is 2.52. The molecule has 1 nitrogen and oxygen atoms in total. The minimum Gasteiger partial charge on any atom is -0.236 e. The van der Waals surface area contributed by atoms with Crippen molar-refractivity contribution in [2.24, 2.45) is 4.99 Å². The monoisotopic (exact) mass is 179 g/mol. The van der Waals surface area contributed by atoms with Crippen molar-refractivity contribution in [3.63, 3.8) is 0 Å². The van der Waals surface area contributed by atoms with Crippen LogP contribution in [0.4, 0.5) is 5.69 Å². The highest BCUT2D eigenvalue weighted by Crippen LogP contribution is 2.13. The van der Waals surface area contributed by atoms with Crippen LogP contribution in [-0.2, 0) is 0 Å².